The van der Waals surface area contributed by atoms with Gasteiger partial charge in [0.25, 0.3) is 0 Å². The monoisotopic (exact) mass is 324 g/mol. The highest BCUT2D eigenvalue weighted by atomic mass is 79.9. The number of hydrogen-bond donors (Lipinski definition) is 0. The Labute approximate surface area is 119 Å². The van der Waals surface area contributed by atoms with E-state index < -0.39 is 0 Å². The molecule has 0 aliphatic heterocycles. The number of hydrogen-bond acceptors (Lipinski definition) is 4. The van der Waals surface area contributed by atoms with Gasteiger partial charge < -0.3 is 0 Å². The highest BCUT2D eigenvalue weighted by Crippen LogP contribution is 2.22. The van der Waals surface area contributed by atoms with Crippen molar-refractivity contribution >= 4 is 33.0 Å². The van der Waals surface area contributed by atoms with Crippen molar-refractivity contribution in [3.63, 3.8) is 0 Å². The Morgan fingerprint density at radius 2 is 2.28 bits per heavy atom. The van der Waals surface area contributed by atoms with Gasteiger partial charge in [0.05, 0.1) is 15.2 Å². The van der Waals surface area contributed by atoms with Gasteiger partial charge in [-0.05, 0) is 46.7 Å². The van der Waals surface area contributed by atoms with E-state index in [9.17, 15) is 4.79 Å². The zero-order valence-electron chi connectivity index (χ0n) is 9.97. The summed E-state index contributed by atoms with van der Waals surface area (Å²) < 4.78 is 0.987. The van der Waals surface area contributed by atoms with Crippen molar-refractivity contribution in [2.24, 2.45) is 0 Å². The largest absolute Gasteiger partial charge is 0.294 e. The number of likely N-dealkylation sites (N-methyl/N-ethyl adjacent to an activating group) is 1. The van der Waals surface area contributed by atoms with Gasteiger partial charge in [-0.3, -0.25) is 14.7 Å². The van der Waals surface area contributed by atoms with Gasteiger partial charge in [-0.15, -0.1) is 11.3 Å². The summed E-state index contributed by atoms with van der Waals surface area (Å²) in [5.74, 6) is 0.150. The molecule has 0 spiro atoms. The van der Waals surface area contributed by atoms with Crippen LogP contribution in [0.5, 0.6) is 0 Å². The van der Waals surface area contributed by atoms with Crippen LogP contribution in [0.25, 0.3) is 0 Å². The molecule has 2 rings (SSSR count). The van der Waals surface area contributed by atoms with Gasteiger partial charge in [-0.25, -0.2) is 0 Å². The number of rotatable bonds is 5. The smallest absolute Gasteiger partial charge is 0.186 e. The fourth-order valence-electron chi connectivity index (χ4n) is 1.65. The van der Waals surface area contributed by atoms with Crippen LogP contribution in [0.1, 0.15) is 15.2 Å². The van der Waals surface area contributed by atoms with Crippen LogP contribution in [0, 0.1) is 0 Å². The van der Waals surface area contributed by atoms with E-state index in [2.05, 4.69) is 20.9 Å². The number of carbonyl (C=O) groups is 1. The molecule has 94 valence electrons. The van der Waals surface area contributed by atoms with Crippen LogP contribution in [0.15, 0.2) is 40.4 Å². The molecule has 0 fully saturated rings. The van der Waals surface area contributed by atoms with Crippen molar-refractivity contribution in [1.29, 1.82) is 0 Å². The number of Topliss-reactive ketones (excluding diaryl/α,β-unsaturated/α-hetero) is 1. The van der Waals surface area contributed by atoms with E-state index in [-0.39, 0.29) is 5.78 Å². The van der Waals surface area contributed by atoms with Gasteiger partial charge in [-0.2, -0.15) is 0 Å². The third-order valence-corrected chi connectivity index (χ3v) is 4.10. The van der Waals surface area contributed by atoms with Gasteiger partial charge in [0.2, 0.25) is 0 Å². The summed E-state index contributed by atoms with van der Waals surface area (Å²) in [5.41, 5.74) is 1.11. The average molecular weight is 325 g/mol. The molecule has 2 aromatic rings. The second kappa shape index (κ2) is 6.22. The van der Waals surface area contributed by atoms with Crippen LogP contribution in [0.4, 0.5) is 0 Å². The minimum Gasteiger partial charge on any atom is -0.294 e. The van der Waals surface area contributed by atoms with Crippen LogP contribution >= 0.6 is 27.3 Å². The van der Waals surface area contributed by atoms with Crippen LogP contribution < -0.4 is 0 Å². The van der Waals surface area contributed by atoms with E-state index in [4.69, 9.17) is 0 Å². The maximum absolute atomic E-state index is 12.0. The second-order valence-corrected chi connectivity index (χ2v) is 6.52. The van der Waals surface area contributed by atoms with Gasteiger partial charge in [0.15, 0.2) is 5.78 Å². The summed E-state index contributed by atoms with van der Waals surface area (Å²) in [6.07, 6.45) is 3.57. The minimum absolute atomic E-state index is 0.150. The molecule has 0 aromatic carbocycles. The van der Waals surface area contributed by atoms with E-state index in [0.717, 1.165) is 20.8 Å². The zero-order chi connectivity index (χ0) is 13.0. The first-order chi connectivity index (χ1) is 8.65. The van der Waals surface area contributed by atoms with Crippen LogP contribution in [-0.2, 0) is 6.54 Å². The maximum Gasteiger partial charge on any atom is 0.186 e. The molecule has 5 heteroatoms. The van der Waals surface area contributed by atoms with Crippen molar-refractivity contribution in [1.82, 2.24) is 9.88 Å². The predicted octanol–water partition coefficient (Wildman–Crippen LogP) is 3.22. The molecule has 0 aliphatic carbocycles. The summed E-state index contributed by atoms with van der Waals surface area (Å²) in [7, 11) is 1.94. The molecule has 0 atom stereocenters. The van der Waals surface area contributed by atoms with Crippen LogP contribution in [-0.4, -0.2) is 29.3 Å². The standard InChI is InChI=1S/C13H13BrN2OS/c1-16(8-10-3-2-6-15-7-10)9-11(17)12-4-5-13(14)18-12/h2-7H,8-9H2,1H3. The quantitative estimate of drug-likeness (QED) is 0.792. The molecule has 0 saturated carbocycles. The van der Waals surface area contributed by atoms with Crippen molar-refractivity contribution in [2.75, 3.05) is 13.6 Å². The molecule has 0 aliphatic rings. The van der Waals surface area contributed by atoms with Crippen LogP contribution in [0.3, 0.4) is 0 Å². The first-order valence-electron chi connectivity index (χ1n) is 5.51. The van der Waals surface area contributed by atoms with E-state index in [1.807, 2.05) is 42.4 Å². The molecule has 0 amide bonds. The van der Waals surface area contributed by atoms with Crippen molar-refractivity contribution in [3.8, 4) is 0 Å². The molecule has 0 radical (unpaired) electrons. The molecule has 3 nitrogen and oxygen atoms in total. The topological polar surface area (TPSA) is 33.2 Å². The molecule has 0 unspecified atom stereocenters. The van der Waals surface area contributed by atoms with E-state index in [0.29, 0.717) is 6.54 Å². The summed E-state index contributed by atoms with van der Waals surface area (Å²) in [6.45, 7) is 1.15. The Hall–Kier alpha value is -1.04. The fraction of sp³-hybridized carbons (Fsp3) is 0.231. The zero-order valence-corrected chi connectivity index (χ0v) is 12.4. The third-order valence-electron chi connectivity index (χ3n) is 2.44. The second-order valence-electron chi connectivity index (χ2n) is 4.06. The highest BCUT2D eigenvalue weighted by molar-refractivity contribution is 9.11. The first-order valence-corrected chi connectivity index (χ1v) is 7.12. The summed E-state index contributed by atoms with van der Waals surface area (Å²) in [4.78, 5) is 18.8. The molecule has 2 heterocycles. The summed E-state index contributed by atoms with van der Waals surface area (Å²) in [5, 5.41) is 0. The molecule has 0 N–H and O–H groups in total. The van der Waals surface area contributed by atoms with Gasteiger partial charge in [0.1, 0.15) is 0 Å². The number of ketones is 1. The SMILES string of the molecule is CN(CC(=O)c1ccc(Br)s1)Cc1cccnc1. The summed E-state index contributed by atoms with van der Waals surface area (Å²) in [6, 6.07) is 7.67. The van der Waals surface area contributed by atoms with Gasteiger partial charge in [-0.1, -0.05) is 6.07 Å². The maximum atomic E-state index is 12.0. The number of nitrogens with zero attached hydrogens (tertiary/aromatic N) is 2. The molecular weight excluding hydrogens is 312 g/mol. The lowest BCUT2D eigenvalue weighted by Crippen LogP contribution is -2.25. The van der Waals surface area contributed by atoms with Crippen LogP contribution in [0.2, 0.25) is 0 Å². The van der Waals surface area contributed by atoms with Crippen molar-refractivity contribution in [2.45, 2.75) is 6.54 Å². The Bertz CT molecular complexity index is 527. The van der Waals surface area contributed by atoms with Gasteiger partial charge >= 0.3 is 0 Å². The average Bonchev–Trinajstić information content (AvgIpc) is 2.77. The number of thiophene rings is 1. The first kappa shape index (κ1) is 13.4. The van der Waals surface area contributed by atoms with E-state index in [1.165, 1.54) is 11.3 Å². The minimum atomic E-state index is 0.150. The van der Waals surface area contributed by atoms with E-state index >= 15 is 0 Å². The lowest BCUT2D eigenvalue weighted by molar-refractivity contribution is 0.0947. The predicted molar refractivity (Wildman–Crippen MR) is 76.9 cm³/mol. The number of aromatic nitrogens is 1. The molecule has 0 bridgehead atoms. The molecule has 2 aromatic heterocycles. The lowest BCUT2D eigenvalue weighted by atomic mass is 10.2. The normalized spacial score (nSPS) is 10.8. The Kier molecular flexibility index (Phi) is 4.63. The Balaban J connectivity index is 1.92. The Morgan fingerprint density at radius 3 is 2.89 bits per heavy atom. The fourth-order valence-corrected chi connectivity index (χ4v) is 2.96. The highest BCUT2D eigenvalue weighted by Gasteiger charge is 2.11. The molecule has 18 heavy (non-hydrogen) atoms. The van der Waals surface area contributed by atoms with E-state index in [1.54, 1.807) is 6.20 Å². The van der Waals surface area contributed by atoms with Crippen molar-refractivity contribution in [3.05, 3.63) is 50.9 Å². The number of carbonyl (C=O) groups excluding carboxylic acids is 1. The van der Waals surface area contributed by atoms with Crippen molar-refractivity contribution < 1.29 is 4.79 Å². The summed E-state index contributed by atoms with van der Waals surface area (Å²) >= 11 is 4.84. The van der Waals surface area contributed by atoms with Gasteiger partial charge in [0, 0.05) is 18.9 Å². The third kappa shape index (κ3) is 3.73. The Morgan fingerprint density at radius 1 is 1.44 bits per heavy atom. The lowest BCUT2D eigenvalue weighted by Gasteiger charge is -2.14. The number of pyridine rings is 1. The molecular formula is C13H13BrN2OS. The molecule has 0 saturated heterocycles. The number of halogens is 1.